The summed E-state index contributed by atoms with van der Waals surface area (Å²) in [5.41, 5.74) is 24.1. The van der Waals surface area contributed by atoms with E-state index in [1.54, 1.807) is 0 Å². The van der Waals surface area contributed by atoms with Crippen LogP contribution in [0.4, 0.5) is 34.1 Å². The third-order valence-electron chi connectivity index (χ3n) is 18.7. The maximum Gasteiger partial charge on any atom is 0.0467 e. The van der Waals surface area contributed by atoms with Gasteiger partial charge in [-0.2, -0.15) is 0 Å². The Labute approximate surface area is 477 Å². The van der Waals surface area contributed by atoms with Crippen LogP contribution < -0.4 is 9.80 Å². The molecule has 0 aromatic heterocycles. The second-order valence-corrected chi connectivity index (χ2v) is 23.3. The van der Waals surface area contributed by atoms with Crippen LogP contribution in [0.2, 0.25) is 0 Å². The molecule has 0 amide bonds. The number of fused-ring (bicyclic) bond motifs is 8. The lowest BCUT2D eigenvalue weighted by Gasteiger charge is -2.30. The van der Waals surface area contributed by atoms with E-state index >= 15 is 0 Å². The summed E-state index contributed by atoms with van der Waals surface area (Å²) in [6.45, 7) is 2.49. The summed E-state index contributed by atoms with van der Waals surface area (Å²) in [4.78, 5) is 4.90. The molecule has 0 saturated heterocycles. The van der Waals surface area contributed by atoms with Gasteiger partial charge in [-0.1, -0.05) is 233 Å². The van der Waals surface area contributed by atoms with E-state index < -0.39 is 0 Å². The highest BCUT2D eigenvalue weighted by Crippen LogP contribution is 2.59. The van der Waals surface area contributed by atoms with Crippen LogP contribution >= 0.6 is 0 Å². The normalized spacial score (nSPS) is 14.8. The molecular weight excluding hydrogens is 977 g/mol. The van der Waals surface area contributed by atoms with Gasteiger partial charge in [-0.05, 0) is 198 Å². The van der Waals surface area contributed by atoms with E-state index in [4.69, 9.17) is 0 Å². The Morgan fingerprint density at radius 2 is 0.679 bits per heavy atom. The second-order valence-electron chi connectivity index (χ2n) is 23.3. The largest absolute Gasteiger partial charge is 0.310 e. The number of hydrogen-bond acceptors (Lipinski definition) is 2. The Morgan fingerprint density at radius 1 is 0.272 bits per heavy atom. The fourth-order valence-corrected chi connectivity index (χ4v) is 14.6. The van der Waals surface area contributed by atoms with Crippen LogP contribution in [-0.4, -0.2) is 0 Å². The van der Waals surface area contributed by atoms with Crippen LogP contribution in [-0.2, 0) is 10.8 Å². The zero-order valence-electron chi connectivity index (χ0n) is 46.0. The molecule has 15 rings (SSSR count). The quantitative estimate of drug-likeness (QED) is 0.127. The highest BCUT2D eigenvalue weighted by Gasteiger charge is 2.46. The Morgan fingerprint density at radius 3 is 1.22 bits per heavy atom. The molecule has 0 bridgehead atoms. The van der Waals surface area contributed by atoms with Crippen molar-refractivity contribution in [1.29, 1.82) is 0 Å². The third kappa shape index (κ3) is 8.55. The van der Waals surface area contributed by atoms with Crippen molar-refractivity contribution in [1.82, 2.24) is 0 Å². The van der Waals surface area contributed by atoms with Crippen molar-refractivity contribution in [3.63, 3.8) is 0 Å². The van der Waals surface area contributed by atoms with Crippen molar-refractivity contribution >= 4 is 55.7 Å². The van der Waals surface area contributed by atoms with Gasteiger partial charge in [0.2, 0.25) is 0 Å². The predicted molar refractivity (Wildman–Crippen MR) is 343 cm³/mol. The van der Waals surface area contributed by atoms with Gasteiger partial charge in [0.15, 0.2) is 0 Å². The zero-order chi connectivity index (χ0) is 53.9. The molecule has 0 atom stereocenters. The molecule has 3 aliphatic rings. The summed E-state index contributed by atoms with van der Waals surface area (Å²) in [5.74, 6) is 0. The fourth-order valence-electron chi connectivity index (χ4n) is 14.6. The Balaban J connectivity index is 0.801. The lowest BCUT2D eigenvalue weighted by Crippen LogP contribution is -2.21. The first-order valence-electron chi connectivity index (χ1n) is 29.4. The minimum Gasteiger partial charge on any atom is -0.310 e. The molecule has 2 nitrogen and oxygen atoms in total. The molecule has 12 aromatic carbocycles. The summed E-state index contributed by atoms with van der Waals surface area (Å²) >= 11 is 0. The molecule has 2 heteroatoms. The molecule has 1 spiro atoms. The van der Waals surface area contributed by atoms with Crippen molar-refractivity contribution in [3.8, 4) is 55.6 Å². The maximum atomic E-state index is 2.55. The van der Waals surface area contributed by atoms with E-state index in [1.807, 2.05) is 0 Å². The first-order valence-corrected chi connectivity index (χ1v) is 29.4. The van der Waals surface area contributed by atoms with Gasteiger partial charge in [0.1, 0.15) is 0 Å². The van der Waals surface area contributed by atoms with Crippen molar-refractivity contribution in [2.45, 2.75) is 69.1 Å². The summed E-state index contributed by atoms with van der Waals surface area (Å²) in [6, 6.07) is 102. The summed E-state index contributed by atoms with van der Waals surface area (Å²) in [7, 11) is 0. The Hall–Kier alpha value is -9.24. The molecule has 2 fully saturated rings. The van der Waals surface area contributed by atoms with E-state index in [0.29, 0.717) is 0 Å². The van der Waals surface area contributed by atoms with Gasteiger partial charge in [0.25, 0.3) is 0 Å². The van der Waals surface area contributed by atoms with Crippen molar-refractivity contribution in [2.75, 3.05) is 9.80 Å². The summed E-state index contributed by atoms with van der Waals surface area (Å²) < 4.78 is 0. The van der Waals surface area contributed by atoms with Crippen LogP contribution in [0.1, 0.15) is 75.0 Å². The average molecular weight is 1040 g/mol. The topological polar surface area (TPSA) is 6.48 Å². The number of benzene rings is 12. The Bertz CT molecular complexity index is 4280. The molecule has 3 aliphatic carbocycles. The minimum atomic E-state index is 0.0246. The molecule has 0 aliphatic heterocycles. The number of anilines is 6. The molecule has 81 heavy (non-hydrogen) atoms. The summed E-state index contributed by atoms with van der Waals surface area (Å²) in [6.07, 6.45) is 9.90. The molecule has 390 valence electrons. The highest BCUT2D eigenvalue weighted by atomic mass is 15.1. The van der Waals surface area contributed by atoms with Crippen molar-refractivity contribution in [3.05, 3.63) is 290 Å². The van der Waals surface area contributed by atoms with E-state index in [9.17, 15) is 0 Å². The maximum absolute atomic E-state index is 2.55. The van der Waals surface area contributed by atoms with E-state index in [-0.39, 0.29) is 10.8 Å². The first-order chi connectivity index (χ1) is 40.0. The number of nitrogens with zero attached hydrogens (tertiary/aromatic N) is 2. The molecule has 12 aromatic rings. The Kier molecular flexibility index (Phi) is 12.1. The van der Waals surface area contributed by atoms with Gasteiger partial charge in [-0.15, -0.1) is 0 Å². The van der Waals surface area contributed by atoms with Crippen molar-refractivity contribution < 1.29 is 0 Å². The van der Waals surface area contributed by atoms with Crippen LogP contribution in [0.15, 0.2) is 273 Å². The van der Waals surface area contributed by atoms with E-state index in [1.165, 1.54) is 151 Å². The third-order valence-corrected chi connectivity index (χ3v) is 18.7. The van der Waals surface area contributed by atoms with Gasteiger partial charge < -0.3 is 9.80 Å². The average Bonchev–Trinajstić information content (AvgIpc) is 3.62. The monoisotopic (exact) mass is 1040 g/mol. The smallest absolute Gasteiger partial charge is 0.0467 e. The van der Waals surface area contributed by atoms with Gasteiger partial charge in [-0.25, -0.2) is 0 Å². The predicted octanol–water partition coefficient (Wildman–Crippen LogP) is 22.3. The zero-order valence-corrected chi connectivity index (χ0v) is 46.0. The molecule has 0 radical (unpaired) electrons. The van der Waals surface area contributed by atoms with Crippen molar-refractivity contribution in [2.24, 2.45) is 0 Å². The fraction of sp³-hybridized carbons (Fsp3) is 0.139. The molecule has 0 heterocycles. The lowest BCUT2D eigenvalue weighted by atomic mass is 9.76. The molecule has 2 saturated carbocycles. The van der Waals surface area contributed by atoms with Crippen LogP contribution in [0.5, 0.6) is 0 Å². The minimum absolute atomic E-state index is 0.0246. The molecular formula is C79H64N2. The van der Waals surface area contributed by atoms with Gasteiger partial charge in [0.05, 0.1) is 0 Å². The van der Waals surface area contributed by atoms with Crippen LogP contribution in [0.25, 0.3) is 77.2 Å². The lowest BCUT2D eigenvalue weighted by molar-refractivity contribution is 0.493. The number of rotatable bonds is 11. The second kappa shape index (κ2) is 20.1. The van der Waals surface area contributed by atoms with Crippen LogP contribution in [0, 0.1) is 0 Å². The van der Waals surface area contributed by atoms with Gasteiger partial charge >= 0.3 is 0 Å². The van der Waals surface area contributed by atoms with Gasteiger partial charge in [-0.3, -0.25) is 0 Å². The molecule has 0 unspecified atom stereocenters. The van der Waals surface area contributed by atoms with Gasteiger partial charge in [0, 0.05) is 39.5 Å². The highest BCUT2D eigenvalue weighted by molar-refractivity contribution is 6.04. The molecule has 0 N–H and O–H groups in total. The SMILES string of the molecule is CC1(c2ccc3ccccc3c2-c2ccc(N(c3ccc(-c4ccc(N(c5cccc(-c6ccccc6)c5)c5ccc6c(c5)C5(CCCC5)c5ccc7ccccc7c5-6)cc4)cc3)c3cccc(-c4ccccc4)c3)cc2)CCCC1. The summed E-state index contributed by atoms with van der Waals surface area (Å²) in [5, 5.41) is 5.30. The first kappa shape index (κ1) is 48.9. The van der Waals surface area contributed by atoms with E-state index in [0.717, 1.165) is 28.4 Å². The van der Waals surface area contributed by atoms with E-state index in [2.05, 4.69) is 290 Å². The van der Waals surface area contributed by atoms with Crippen LogP contribution in [0.3, 0.4) is 0 Å². The number of hydrogen-bond donors (Lipinski definition) is 0. The standard InChI is InChI=1S/C79H64N2/c1-78(48-12-13-49-78)73-46-36-59-22-8-10-28-70(59)76(73)61-34-42-65(43-35-61)80(67-26-16-24-62(52-67)55-18-4-2-5-19-55)64-38-30-57(31-39-64)58-32-40-66(41-33-58)81(68-27-17-25-63(53-68)56-20-6-3-7-21-56)69-44-45-72-75(54-69)79(50-14-15-51-79)74-47-37-60-23-9-11-29-71(60)77(72)74/h2-11,16-47,52-54H,12-15,48-51H2,1H3.